The predicted molar refractivity (Wildman–Crippen MR) is 145 cm³/mol. The second kappa shape index (κ2) is 16.7. The molecule has 0 atom stereocenters. The van der Waals surface area contributed by atoms with Crippen LogP contribution in [0, 0.1) is 6.92 Å². The van der Waals surface area contributed by atoms with Gasteiger partial charge in [0.15, 0.2) is 6.10 Å². The van der Waals surface area contributed by atoms with Crippen LogP contribution in [0.1, 0.15) is 73.5 Å². The lowest BCUT2D eigenvalue weighted by atomic mass is 9.94. The molecule has 43 heavy (non-hydrogen) atoms. The Hall–Kier alpha value is -4.62. The molecule has 0 radical (unpaired) electrons. The number of hydrogen-bond donors (Lipinski definition) is 1. The molecular weight excluding hydrogens is 572 g/mol. The number of esters is 6. The quantitative estimate of drug-likeness (QED) is 0.125. The van der Waals surface area contributed by atoms with Crippen molar-refractivity contribution >= 4 is 35.8 Å². The topological polar surface area (TPSA) is 187 Å². The van der Waals surface area contributed by atoms with E-state index in [0.29, 0.717) is 28.9 Å². The number of phenolic OH excluding ortho intramolecular Hbond substituents is 1. The highest BCUT2D eigenvalue weighted by molar-refractivity contribution is 5.98. The lowest BCUT2D eigenvalue weighted by Crippen LogP contribution is -2.30. The molecule has 0 unspecified atom stereocenters. The van der Waals surface area contributed by atoms with E-state index in [-0.39, 0.29) is 56.8 Å². The first kappa shape index (κ1) is 34.6. The summed E-state index contributed by atoms with van der Waals surface area (Å²) in [4.78, 5) is 70.0. The summed E-state index contributed by atoms with van der Waals surface area (Å²) in [7, 11) is 1.47. The van der Waals surface area contributed by atoms with E-state index in [0.717, 1.165) is 19.4 Å². The fraction of sp³-hybridized carbons (Fsp3) is 0.517. The highest BCUT2D eigenvalue weighted by Crippen LogP contribution is 2.42. The zero-order valence-electron chi connectivity index (χ0n) is 24.8. The summed E-state index contributed by atoms with van der Waals surface area (Å²) in [5.74, 6) is -3.83. The van der Waals surface area contributed by atoms with E-state index >= 15 is 0 Å². The third-order valence-electron chi connectivity index (χ3n) is 6.24. The Morgan fingerprint density at radius 2 is 1.44 bits per heavy atom. The standard InChI is InChI=1S/C29H36O14/c1-16(6-8-21-27(35)26-22(14-40-29(26)36)17(2)28(21)37-5)7-9-23(32)41-15-42-24(33)10-11-25(34)43-20(12-38-18(3)30)13-39-19(4)31/h6,20,35H,7-15H2,1-5H3/b16-6+. The maximum Gasteiger partial charge on any atom is 0.342 e. The molecule has 14 nitrogen and oxygen atoms in total. The Labute approximate surface area is 248 Å². The third-order valence-corrected chi connectivity index (χ3v) is 6.24. The van der Waals surface area contributed by atoms with Crippen LogP contribution in [-0.4, -0.2) is 74.1 Å². The molecule has 0 saturated carbocycles. The smallest absolute Gasteiger partial charge is 0.342 e. The van der Waals surface area contributed by atoms with Crippen LogP contribution < -0.4 is 4.74 Å². The predicted octanol–water partition coefficient (Wildman–Crippen LogP) is 2.51. The highest BCUT2D eigenvalue weighted by atomic mass is 16.7. The Balaban J connectivity index is 1.74. The van der Waals surface area contributed by atoms with Crippen molar-refractivity contribution in [2.75, 3.05) is 27.1 Å². The number of hydrogen-bond acceptors (Lipinski definition) is 14. The van der Waals surface area contributed by atoms with E-state index in [1.807, 2.05) is 0 Å². The highest BCUT2D eigenvalue weighted by Gasteiger charge is 2.31. The molecular formula is C29H36O14. The summed E-state index contributed by atoms with van der Waals surface area (Å²) in [6.45, 7) is 4.66. The van der Waals surface area contributed by atoms with Gasteiger partial charge in [0.25, 0.3) is 0 Å². The summed E-state index contributed by atoms with van der Waals surface area (Å²) in [6, 6.07) is 0. The van der Waals surface area contributed by atoms with Gasteiger partial charge < -0.3 is 38.3 Å². The van der Waals surface area contributed by atoms with Crippen LogP contribution in [0.2, 0.25) is 0 Å². The van der Waals surface area contributed by atoms with Gasteiger partial charge >= 0.3 is 35.8 Å². The average Bonchev–Trinajstić information content (AvgIpc) is 3.34. The molecule has 1 heterocycles. The number of allylic oxidation sites excluding steroid dienone is 2. The lowest BCUT2D eigenvalue weighted by Gasteiger charge is -2.17. The number of carbonyl (C=O) groups excluding carboxylic acids is 6. The van der Waals surface area contributed by atoms with Gasteiger partial charge in [-0.2, -0.15) is 0 Å². The molecule has 1 aliphatic rings. The third kappa shape index (κ3) is 10.9. The molecule has 0 bridgehead atoms. The van der Waals surface area contributed by atoms with Crippen molar-refractivity contribution in [1.29, 1.82) is 0 Å². The van der Waals surface area contributed by atoms with Gasteiger partial charge in [-0.1, -0.05) is 11.6 Å². The molecule has 0 fully saturated rings. The number of phenols is 1. The minimum atomic E-state index is -1.04. The van der Waals surface area contributed by atoms with Crippen molar-refractivity contribution in [1.82, 2.24) is 0 Å². The fourth-order valence-corrected chi connectivity index (χ4v) is 4.00. The summed E-state index contributed by atoms with van der Waals surface area (Å²) in [6.07, 6.45) is 0.539. The molecule has 236 valence electrons. The molecule has 14 heteroatoms. The number of carbonyl (C=O) groups is 6. The molecule has 1 aromatic rings. The molecule has 0 aliphatic carbocycles. The molecule has 2 rings (SSSR count). The SMILES string of the molecule is COc1c(C)c2c(c(O)c1C/C=C(\C)CCC(=O)OCOC(=O)CCC(=O)OC(COC(C)=O)COC(C)=O)C(=O)OC2. The molecule has 1 aromatic carbocycles. The van der Waals surface area contributed by atoms with E-state index in [4.69, 9.17) is 33.2 Å². The van der Waals surface area contributed by atoms with E-state index in [1.165, 1.54) is 7.11 Å². The summed E-state index contributed by atoms with van der Waals surface area (Å²) >= 11 is 0. The minimum absolute atomic E-state index is 0.0169. The van der Waals surface area contributed by atoms with Crippen molar-refractivity contribution in [3.05, 3.63) is 33.9 Å². The second-order valence-electron chi connectivity index (χ2n) is 9.54. The fourth-order valence-electron chi connectivity index (χ4n) is 4.00. The van der Waals surface area contributed by atoms with Crippen molar-refractivity contribution in [3.8, 4) is 11.5 Å². The van der Waals surface area contributed by atoms with Crippen LogP contribution in [0.3, 0.4) is 0 Å². The lowest BCUT2D eigenvalue weighted by molar-refractivity contribution is -0.170. The van der Waals surface area contributed by atoms with Crippen LogP contribution in [0.15, 0.2) is 11.6 Å². The van der Waals surface area contributed by atoms with E-state index < -0.39 is 48.7 Å². The van der Waals surface area contributed by atoms with Crippen molar-refractivity contribution in [2.45, 2.75) is 72.5 Å². The van der Waals surface area contributed by atoms with Gasteiger partial charge in [-0.3, -0.25) is 24.0 Å². The Morgan fingerprint density at radius 3 is 2.00 bits per heavy atom. The second-order valence-corrected chi connectivity index (χ2v) is 9.54. The number of ether oxygens (including phenoxy) is 7. The Bertz CT molecular complexity index is 1240. The first-order valence-electron chi connectivity index (χ1n) is 13.3. The first-order valence-corrected chi connectivity index (χ1v) is 13.3. The summed E-state index contributed by atoms with van der Waals surface area (Å²) in [5, 5.41) is 10.7. The van der Waals surface area contributed by atoms with Crippen molar-refractivity contribution in [2.24, 2.45) is 0 Å². The van der Waals surface area contributed by atoms with Crippen LogP contribution in [0.25, 0.3) is 0 Å². The summed E-state index contributed by atoms with van der Waals surface area (Å²) < 4.78 is 34.8. The van der Waals surface area contributed by atoms with Crippen LogP contribution in [-0.2, 0) is 65.4 Å². The zero-order chi connectivity index (χ0) is 32.1. The number of rotatable bonds is 16. The summed E-state index contributed by atoms with van der Waals surface area (Å²) in [5.41, 5.74) is 2.67. The van der Waals surface area contributed by atoms with E-state index in [9.17, 15) is 33.9 Å². The first-order chi connectivity index (χ1) is 20.3. The van der Waals surface area contributed by atoms with Crippen molar-refractivity contribution in [3.63, 3.8) is 0 Å². The Morgan fingerprint density at radius 1 is 0.884 bits per heavy atom. The van der Waals surface area contributed by atoms with Gasteiger partial charge in [-0.05, 0) is 32.3 Å². The Kier molecular flexibility index (Phi) is 13.5. The largest absolute Gasteiger partial charge is 0.507 e. The average molecular weight is 609 g/mol. The zero-order valence-corrected chi connectivity index (χ0v) is 24.8. The molecule has 0 aromatic heterocycles. The number of benzene rings is 1. The van der Waals surface area contributed by atoms with Gasteiger partial charge in [0.2, 0.25) is 6.79 Å². The van der Waals surface area contributed by atoms with Crippen LogP contribution >= 0.6 is 0 Å². The number of cyclic esters (lactones) is 1. The monoisotopic (exact) mass is 608 g/mol. The maximum absolute atomic E-state index is 12.1. The van der Waals surface area contributed by atoms with Crippen molar-refractivity contribution < 1.29 is 67.0 Å². The molecule has 1 N–H and O–H groups in total. The number of aromatic hydroxyl groups is 1. The molecule has 0 amide bonds. The normalized spacial score (nSPS) is 12.2. The number of fused-ring (bicyclic) bond motifs is 1. The number of methoxy groups -OCH3 is 1. The molecule has 1 aliphatic heterocycles. The van der Waals surface area contributed by atoms with Gasteiger partial charge in [-0.25, -0.2) is 4.79 Å². The van der Waals surface area contributed by atoms with E-state index in [2.05, 4.69) is 0 Å². The maximum atomic E-state index is 12.1. The molecule has 0 saturated heterocycles. The van der Waals surface area contributed by atoms with Gasteiger partial charge in [-0.15, -0.1) is 0 Å². The van der Waals surface area contributed by atoms with Gasteiger partial charge in [0, 0.05) is 31.4 Å². The van der Waals surface area contributed by atoms with E-state index in [1.54, 1.807) is 19.9 Å². The van der Waals surface area contributed by atoms with Crippen LogP contribution in [0.5, 0.6) is 11.5 Å². The minimum Gasteiger partial charge on any atom is -0.507 e. The van der Waals surface area contributed by atoms with Gasteiger partial charge in [0.05, 0.1) is 20.0 Å². The molecule has 0 spiro atoms. The van der Waals surface area contributed by atoms with Gasteiger partial charge in [0.1, 0.15) is 36.9 Å². The van der Waals surface area contributed by atoms with Crippen LogP contribution in [0.4, 0.5) is 0 Å².